The molecule has 0 heterocycles. The largest absolute Gasteiger partial charge is 0.497 e. The predicted octanol–water partition coefficient (Wildman–Crippen LogP) is 1.88. The van der Waals surface area contributed by atoms with E-state index in [1.165, 1.54) is 13.2 Å². The maximum atomic E-state index is 10.8. The van der Waals surface area contributed by atoms with Gasteiger partial charge in [0.1, 0.15) is 5.75 Å². The average molecular weight is 224 g/mol. The van der Waals surface area contributed by atoms with Crippen molar-refractivity contribution in [2.45, 2.75) is 25.8 Å². The third kappa shape index (κ3) is 3.20. The van der Waals surface area contributed by atoms with E-state index in [0.717, 1.165) is 0 Å². The van der Waals surface area contributed by atoms with Crippen LogP contribution in [0.2, 0.25) is 0 Å². The summed E-state index contributed by atoms with van der Waals surface area (Å²) in [7, 11) is 1.54. The Morgan fingerprint density at radius 1 is 1.56 bits per heavy atom. The van der Waals surface area contributed by atoms with Crippen molar-refractivity contribution in [3.05, 3.63) is 33.9 Å². The molecular weight excluding hydrogens is 208 g/mol. The zero-order chi connectivity index (χ0) is 12.1. The number of hydrogen-bond donors (Lipinski definition) is 1. The van der Waals surface area contributed by atoms with Gasteiger partial charge in [0.2, 0.25) is 0 Å². The summed E-state index contributed by atoms with van der Waals surface area (Å²) in [6.07, 6.45) is 1.30. The molecule has 88 valence electrons. The van der Waals surface area contributed by atoms with Gasteiger partial charge in [0, 0.05) is 17.7 Å². The Hall–Kier alpha value is -1.62. The second-order valence-corrected chi connectivity index (χ2v) is 3.77. The summed E-state index contributed by atoms with van der Waals surface area (Å²) in [5.74, 6) is 0.630. The molecule has 1 aromatic carbocycles. The van der Waals surface area contributed by atoms with E-state index < -0.39 is 0 Å². The monoisotopic (exact) mass is 224 g/mol. The van der Waals surface area contributed by atoms with E-state index in [2.05, 4.69) is 0 Å². The number of methoxy groups -OCH3 is 1. The van der Waals surface area contributed by atoms with Crippen LogP contribution in [0.4, 0.5) is 5.69 Å². The molecule has 0 saturated carbocycles. The Labute approximate surface area is 94.4 Å². The lowest BCUT2D eigenvalue weighted by molar-refractivity contribution is -0.385. The van der Waals surface area contributed by atoms with Crippen molar-refractivity contribution in [1.29, 1.82) is 0 Å². The number of rotatable bonds is 5. The van der Waals surface area contributed by atoms with Gasteiger partial charge in [0.15, 0.2) is 0 Å². The molecule has 0 saturated heterocycles. The zero-order valence-corrected chi connectivity index (χ0v) is 9.47. The lowest BCUT2D eigenvalue weighted by Gasteiger charge is -2.07. The van der Waals surface area contributed by atoms with Crippen molar-refractivity contribution in [2.75, 3.05) is 7.11 Å². The summed E-state index contributed by atoms with van der Waals surface area (Å²) in [5.41, 5.74) is 6.43. The smallest absolute Gasteiger partial charge is 0.272 e. The zero-order valence-electron chi connectivity index (χ0n) is 9.47. The van der Waals surface area contributed by atoms with Crippen LogP contribution >= 0.6 is 0 Å². The van der Waals surface area contributed by atoms with Crippen molar-refractivity contribution in [3.8, 4) is 5.75 Å². The fourth-order valence-electron chi connectivity index (χ4n) is 1.45. The molecule has 0 aliphatic rings. The number of hydrogen-bond acceptors (Lipinski definition) is 4. The van der Waals surface area contributed by atoms with E-state index in [4.69, 9.17) is 10.5 Å². The number of aryl methyl sites for hydroxylation is 1. The quantitative estimate of drug-likeness (QED) is 0.611. The van der Waals surface area contributed by atoms with Crippen molar-refractivity contribution in [3.63, 3.8) is 0 Å². The molecule has 5 nitrogen and oxygen atoms in total. The maximum Gasteiger partial charge on any atom is 0.272 e. The molecule has 0 amide bonds. The molecule has 16 heavy (non-hydrogen) atoms. The first kappa shape index (κ1) is 12.4. The summed E-state index contributed by atoms with van der Waals surface area (Å²) >= 11 is 0. The highest BCUT2D eigenvalue weighted by molar-refractivity contribution is 5.45. The van der Waals surface area contributed by atoms with Gasteiger partial charge >= 0.3 is 0 Å². The molecule has 1 unspecified atom stereocenters. The minimum absolute atomic E-state index is 0.0332. The third-order valence-electron chi connectivity index (χ3n) is 2.35. The Kier molecular flexibility index (Phi) is 4.25. The molecule has 0 spiro atoms. The van der Waals surface area contributed by atoms with E-state index in [0.29, 0.717) is 24.2 Å². The molecule has 5 heteroatoms. The Morgan fingerprint density at radius 2 is 2.25 bits per heavy atom. The van der Waals surface area contributed by atoms with Crippen LogP contribution in [0.15, 0.2) is 18.2 Å². The Morgan fingerprint density at radius 3 is 2.75 bits per heavy atom. The summed E-state index contributed by atoms with van der Waals surface area (Å²) in [6.45, 7) is 1.88. The van der Waals surface area contributed by atoms with Crippen LogP contribution in [-0.2, 0) is 6.42 Å². The van der Waals surface area contributed by atoms with E-state index >= 15 is 0 Å². The van der Waals surface area contributed by atoms with Gasteiger partial charge in [-0.2, -0.15) is 0 Å². The molecule has 1 aromatic rings. The topological polar surface area (TPSA) is 78.4 Å². The highest BCUT2D eigenvalue weighted by Gasteiger charge is 2.14. The Balaban J connectivity index is 2.96. The van der Waals surface area contributed by atoms with Crippen LogP contribution in [0, 0.1) is 10.1 Å². The first-order chi connectivity index (χ1) is 7.54. The maximum absolute atomic E-state index is 10.8. The number of nitro groups is 1. The van der Waals surface area contributed by atoms with Crippen molar-refractivity contribution >= 4 is 5.69 Å². The van der Waals surface area contributed by atoms with E-state index in [9.17, 15) is 10.1 Å². The molecule has 1 atom stereocenters. The summed E-state index contributed by atoms with van der Waals surface area (Å²) in [5, 5.41) is 10.8. The van der Waals surface area contributed by atoms with Crippen LogP contribution in [0.3, 0.4) is 0 Å². The average Bonchev–Trinajstić information content (AvgIpc) is 2.25. The van der Waals surface area contributed by atoms with Gasteiger partial charge in [-0.3, -0.25) is 10.1 Å². The highest BCUT2D eigenvalue weighted by atomic mass is 16.6. The standard InChI is InChI=1S/C11H16N2O3/c1-8(12)3-4-9-7-10(16-2)5-6-11(9)13(14)15/h5-8H,3-4,12H2,1-2H3. The molecule has 0 fully saturated rings. The van der Waals surface area contributed by atoms with Crippen LogP contribution < -0.4 is 10.5 Å². The van der Waals surface area contributed by atoms with Crippen LogP contribution in [0.5, 0.6) is 5.75 Å². The lowest BCUT2D eigenvalue weighted by Crippen LogP contribution is -2.15. The van der Waals surface area contributed by atoms with Crippen LogP contribution in [0.25, 0.3) is 0 Å². The number of nitrogens with zero attached hydrogens (tertiary/aromatic N) is 1. The third-order valence-corrected chi connectivity index (χ3v) is 2.35. The molecule has 2 N–H and O–H groups in total. The first-order valence-electron chi connectivity index (χ1n) is 5.11. The number of ether oxygens (including phenoxy) is 1. The minimum Gasteiger partial charge on any atom is -0.497 e. The van der Waals surface area contributed by atoms with Crippen molar-refractivity contribution in [1.82, 2.24) is 0 Å². The first-order valence-corrected chi connectivity index (χ1v) is 5.11. The highest BCUT2D eigenvalue weighted by Crippen LogP contribution is 2.25. The van der Waals surface area contributed by atoms with Crippen LogP contribution in [0.1, 0.15) is 18.9 Å². The summed E-state index contributed by atoms with van der Waals surface area (Å²) in [6, 6.07) is 4.79. The fourth-order valence-corrected chi connectivity index (χ4v) is 1.45. The van der Waals surface area contributed by atoms with Gasteiger partial charge in [-0.05, 0) is 31.9 Å². The van der Waals surface area contributed by atoms with Crippen LogP contribution in [-0.4, -0.2) is 18.1 Å². The van der Waals surface area contributed by atoms with Crippen molar-refractivity contribution in [2.24, 2.45) is 5.73 Å². The number of nitrogens with two attached hydrogens (primary N) is 1. The van der Waals surface area contributed by atoms with Gasteiger partial charge in [0.05, 0.1) is 12.0 Å². The molecule has 1 rings (SSSR count). The molecule has 0 bridgehead atoms. The van der Waals surface area contributed by atoms with Crippen molar-refractivity contribution < 1.29 is 9.66 Å². The molecule has 0 aliphatic carbocycles. The van der Waals surface area contributed by atoms with Gasteiger partial charge in [-0.25, -0.2) is 0 Å². The SMILES string of the molecule is COc1ccc([N+](=O)[O-])c(CCC(C)N)c1. The normalized spacial score (nSPS) is 12.2. The Bertz CT molecular complexity index is 377. The van der Waals surface area contributed by atoms with Gasteiger partial charge in [0.25, 0.3) is 5.69 Å². The fraction of sp³-hybridized carbons (Fsp3) is 0.455. The molecular formula is C11H16N2O3. The second kappa shape index (κ2) is 5.46. The number of nitro benzene ring substituents is 1. The molecule has 0 aliphatic heterocycles. The lowest BCUT2D eigenvalue weighted by atomic mass is 10.0. The van der Waals surface area contributed by atoms with Gasteiger partial charge in [-0.1, -0.05) is 0 Å². The summed E-state index contributed by atoms with van der Waals surface area (Å²) < 4.78 is 5.04. The second-order valence-electron chi connectivity index (χ2n) is 3.77. The van der Waals surface area contributed by atoms with E-state index in [1.807, 2.05) is 6.92 Å². The molecule has 0 aromatic heterocycles. The predicted molar refractivity (Wildman–Crippen MR) is 61.6 cm³/mol. The van der Waals surface area contributed by atoms with Gasteiger partial charge in [-0.15, -0.1) is 0 Å². The summed E-state index contributed by atoms with van der Waals surface area (Å²) in [4.78, 5) is 10.4. The van der Waals surface area contributed by atoms with E-state index in [1.54, 1.807) is 12.1 Å². The number of benzene rings is 1. The van der Waals surface area contributed by atoms with Gasteiger partial charge < -0.3 is 10.5 Å². The van der Waals surface area contributed by atoms with E-state index in [-0.39, 0.29) is 16.7 Å². The minimum atomic E-state index is -0.379. The molecule has 0 radical (unpaired) electrons.